The molecule has 0 radical (unpaired) electrons. The molecule has 1 saturated heterocycles. The van der Waals surface area contributed by atoms with E-state index in [1.807, 2.05) is 4.90 Å². The molecule has 2 fully saturated rings. The Morgan fingerprint density at radius 1 is 1.28 bits per heavy atom. The summed E-state index contributed by atoms with van der Waals surface area (Å²) in [5.74, 6) is 0.0708. The number of ether oxygens (including phenoxy) is 1. The van der Waals surface area contributed by atoms with E-state index in [0.717, 1.165) is 19.5 Å². The Morgan fingerprint density at radius 3 is 2.61 bits per heavy atom. The van der Waals surface area contributed by atoms with Crippen molar-refractivity contribution in [2.45, 2.75) is 51.0 Å². The van der Waals surface area contributed by atoms with Crippen molar-refractivity contribution in [1.29, 1.82) is 0 Å². The van der Waals surface area contributed by atoms with Crippen molar-refractivity contribution in [2.75, 3.05) is 26.8 Å². The molecule has 0 aromatic carbocycles. The van der Waals surface area contributed by atoms with Crippen LogP contribution in [0.3, 0.4) is 0 Å². The molecule has 1 atom stereocenters. The van der Waals surface area contributed by atoms with E-state index in [9.17, 15) is 4.79 Å². The van der Waals surface area contributed by atoms with Crippen LogP contribution in [0.2, 0.25) is 0 Å². The molecule has 1 spiro atoms. The maximum Gasteiger partial charge on any atom is 0.241 e. The van der Waals surface area contributed by atoms with Crippen molar-refractivity contribution < 1.29 is 9.53 Å². The van der Waals surface area contributed by atoms with Crippen LogP contribution in [-0.4, -0.2) is 43.7 Å². The Balaban J connectivity index is 1.95. The van der Waals surface area contributed by atoms with Gasteiger partial charge in [-0.05, 0) is 31.1 Å². The lowest BCUT2D eigenvalue weighted by molar-refractivity contribution is -0.138. The zero-order valence-corrected chi connectivity index (χ0v) is 11.5. The number of piperidine rings is 1. The first kappa shape index (κ1) is 13.8. The number of nitrogens with zero attached hydrogens (tertiary/aromatic N) is 1. The summed E-state index contributed by atoms with van der Waals surface area (Å²) in [4.78, 5) is 14.2. The highest BCUT2D eigenvalue weighted by molar-refractivity contribution is 5.82. The third-order valence-corrected chi connectivity index (χ3v) is 4.55. The van der Waals surface area contributed by atoms with Gasteiger partial charge in [-0.2, -0.15) is 0 Å². The van der Waals surface area contributed by atoms with Gasteiger partial charge in [0.25, 0.3) is 0 Å². The van der Waals surface area contributed by atoms with Crippen molar-refractivity contribution in [3.8, 4) is 0 Å². The van der Waals surface area contributed by atoms with Crippen LogP contribution in [0.15, 0.2) is 0 Å². The smallest absolute Gasteiger partial charge is 0.241 e. The molecule has 1 aliphatic carbocycles. The molecule has 104 valence electrons. The number of amides is 1. The topological polar surface area (TPSA) is 55.6 Å². The summed E-state index contributed by atoms with van der Waals surface area (Å²) in [7, 11) is 1.59. The molecule has 0 aromatic heterocycles. The van der Waals surface area contributed by atoms with Crippen molar-refractivity contribution in [2.24, 2.45) is 11.1 Å². The Labute approximate surface area is 110 Å². The second-order valence-electron chi connectivity index (χ2n) is 5.99. The largest absolute Gasteiger partial charge is 0.383 e. The van der Waals surface area contributed by atoms with Gasteiger partial charge in [0, 0.05) is 20.2 Å². The van der Waals surface area contributed by atoms with Crippen molar-refractivity contribution in [3.63, 3.8) is 0 Å². The highest BCUT2D eigenvalue weighted by Crippen LogP contribution is 2.43. The van der Waals surface area contributed by atoms with Crippen molar-refractivity contribution in [3.05, 3.63) is 0 Å². The molecule has 4 nitrogen and oxygen atoms in total. The van der Waals surface area contributed by atoms with Gasteiger partial charge in [-0.15, -0.1) is 0 Å². The van der Waals surface area contributed by atoms with Crippen LogP contribution in [0.5, 0.6) is 0 Å². The molecule has 2 rings (SSSR count). The lowest BCUT2D eigenvalue weighted by atomic mass is 9.69. The van der Waals surface area contributed by atoms with Crippen LogP contribution in [0.1, 0.15) is 44.9 Å². The third-order valence-electron chi connectivity index (χ3n) is 4.55. The van der Waals surface area contributed by atoms with E-state index in [1.165, 1.54) is 38.5 Å². The van der Waals surface area contributed by atoms with Gasteiger partial charge in [-0.1, -0.05) is 19.3 Å². The van der Waals surface area contributed by atoms with Crippen LogP contribution >= 0.6 is 0 Å². The zero-order valence-electron chi connectivity index (χ0n) is 11.5. The standard InChI is InChI=1S/C14H26N2O2/c1-18-10-12(15)13(17)16-9-5-8-14(11-16)6-3-2-4-7-14/h12H,2-11,15H2,1H3. The molecule has 1 unspecified atom stereocenters. The number of hydrogen-bond acceptors (Lipinski definition) is 3. The summed E-state index contributed by atoms with van der Waals surface area (Å²) in [6.07, 6.45) is 9.01. The number of carbonyl (C=O) groups excluding carboxylic acids is 1. The normalized spacial score (nSPS) is 25.1. The van der Waals surface area contributed by atoms with E-state index < -0.39 is 6.04 Å². The summed E-state index contributed by atoms with van der Waals surface area (Å²) in [5, 5.41) is 0. The molecule has 0 aromatic rings. The number of nitrogens with two attached hydrogens (primary N) is 1. The van der Waals surface area contributed by atoms with Gasteiger partial charge < -0.3 is 15.4 Å². The molecular formula is C14H26N2O2. The van der Waals surface area contributed by atoms with E-state index in [2.05, 4.69) is 0 Å². The Bertz CT molecular complexity index is 282. The number of methoxy groups -OCH3 is 1. The predicted molar refractivity (Wildman–Crippen MR) is 71.2 cm³/mol. The van der Waals surface area contributed by atoms with Crippen molar-refractivity contribution >= 4 is 5.91 Å². The summed E-state index contributed by atoms with van der Waals surface area (Å²) < 4.78 is 4.98. The van der Waals surface area contributed by atoms with E-state index in [4.69, 9.17) is 10.5 Å². The SMILES string of the molecule is COCC(N)C(=O)N1CCCC2(CCCCC2)C1. The van der Waals surface area contributed by atoms with Gasteiger partial charge >= 0.3 is 0 Å². The fourth-order valence-corrected chi connectivity index (χ4v) is 3.59. The maximum atomic E-state index is 12.2. The summed E-state index contributed by atoms with van der Waals surface area (Å²) in [5.41, 5.74) is 6.26. The molecule has 0 bridgehead atoms. The third kappa shape index (κ3) is 3.04. The zero-order chi connectivity index (χ0) is 13.0. The van der Waals surface area contributed by atoms with Gasteiger partial charge in [-0.3, -0.25) is 4.79 Å². The Kier molecular flexibility index (Phi) is 4.62. The van der Waals surface area contributed by atoms with Gasteiger partial charge in [0.15, 0.2) is 0 Å². The summed E-state index contributed by atoms with van der Waals surface area (Å²) >= 11 is 0. The summed E-state index contributed by atoms with van der Waals surface area (Å²) in [6, 6.07) is -0.492. The Morgan fingerprint density at radius 2 is 1.94 bits per heavy atom. The van der Waals surface area contributed by atoms with E-state index in [0.29, 0.717) is 12.0 Å². The second kappa shape index (κ2) is 6.02. The van der Waals surface area contributed by atoms with Gasteiger partial charge in [0.1, 0.15) is 6.04 Å². The first-order valence-corrected chi connectivity index (χ1v) is 7.20. The quantitative estimate of drug-likeness (QED) is 0.831. The second-order valence-corrected chi connectivity index (χ2v) is 5.99. The van der Waals surface area contributed by atoms with Gasteiger partial charge in [0.05, 0.1) is 6.61 Å². The Hall–Kier alpha value is -0.610. The first-order valence-electron chi connectivity index (χ1n) is 7.20. The highest BCUT2D eigenvalue weighted by Gasteiger charge is 2.38. The molecule has 1 aliphatic heterocycles. The molecule has 1 saturated carbocycles. The minimum absolute atomic E-state index is 0.0708. The molecule has 4 heteroatoms. The van der Waals surface area contributed by atoms with Crippen LogP contribution in [0.4, 0.5) is 0 Å². The van der Waals surface area contributed by atoms with Crippen LogP contribution in [0, 0.1) is 5.41 Å². The minimum atomic E-state index is -0.492. The lowest BCUT2D eigenvalue weighted by Gasteiger charge is -2.45. The number of hydrogen-bond donors (Lipinski definition) is 1. The minimum Gasteiger partial charge on any atom is -0.383 e. The molecule has 18 heavy (non-hydrogen) atoms. The molecule has 2 N–H and O–H groups in total. The first-order chi connectivity index (χ1) is 8.67. The monoisotopic (exact) mass is 254 g/mol. The number of carbonyl (C=O) groups is 1. The molecular weight excluding hydrogens is 228 g/mol. The van der Waals surface area contributed by atoms with Gasteiger partial charge in [-0.25, -0.2) is 0 Å². The van der Waals surface area contributed by atoms with Crippen LogP contribution in [0.25, 0.3) is 0 Å². The van der Waals surface area contributed by atoms with Gasteiger partial charge in [0.2, 0.25) is 5.91 Å². The van der Waals surface area contributed by atoms with E-state index >= 15 is 0 Å². The van der Waals surface area contributed by atoms with Crippen LogP contribution in [-0.2, 0) is 9.53 Å². The summed E-state index contributed by atoms with van der Waals surface area (Å²) in [6.45, 7) is 2.11. The van der Waals surface area contributed by atoms with Crippen molar-refractivity contribution in [1.82, 2.24) is 4.90 Å². The van der Waals surface area contributed by atoms with E-state index in [1.54, 1.807) is 7.11 Å². The fourth-order valence-electron chi connectivity index (χ4n) is 3.59. The average Bonchev–Trinajstić information content (AvgIpc) is 2.39. The molecule has 1 amide bonds. The van der Waals surface area contributed by atoms with E-state index in [-0.39, 0.29) is 5.91 Å². The maximum absolute atomic E-state index is 12.2. The number of likely N-dealkylation sites (tertiary alicyclic amines) is 1. The fraction of sp³-hybridized carbons (Fsp3) is 0.929. The number of rotatable bonds is 3. The molecule has 2 aliphatic rings. The predicted octanol–water partition coefficient (Wildman–Crippen LogP) is 1.53. The highest BCUT2D eigenvalue weighted by atomic mass is 16.5. The lowest BCUT2D eigenvalue weighted by Crippen LogP contribution is -2.53. The van der Waals surface area contributed by atoms with Crippen LogP contribution < -0.4 is 5.73 Å². The average molecular weight is 254 g/mol. The molecule has 1 heterocycles.